The van der Waals surface area contributed by atoms with Crippen LogP contribution in [0.2, 0.25) is 0 Å². The van der Waals surface area contributed by atoms with Gasteiger partial charge in [-0.2, -0.15) is 9.97 Å². The summed E-state index contributed by atoms with van der Waals surface area (Å²) in [5, 5.41) is 17.7. The van der Waals surface area contributed by atoms with E-state index in [0.717, 1.165) is 10.8 Å². The second-order valence-corrected chi connectivity index (χ2v) is 8.66. The molecule has 4 rings (SSSR count). The van der Waals surface area contributed by atoms with Gasteiger partial charge in [0.1, 0.15) is 29.1 Å². The van der Waals surface area contributed by atoms with Gasteiger partial charge < -0.3 is 31.2 Å². The number of thioether (sulfide) groups is 2. The molecule has 2 aromatic heterocycles. The van der Waals surface area contributed by atoms with Crippen LogP contribution in [0.25, 0.3) is 0 Å². The van der Waals surface area contributed by atoms with Crippen molar-refractivity contribution in [1.29, 1.82) is 0 Å². The predicted octanol–water partition coefficient (Wildman–Crippen LogP) is -1.05. The van der Waals surface area contributed by atoms with E-state index in [1.54, 1.807) is 12.3 Å². The molecule has 2 fully saturated rings. The molecule has 0 aromatic carbocycles. The van der Waals surface area contributed by atoms with E-state index >= 15 is 0 Å². The third kappa shape index (κ3) is 5.75. The number of hydrogen-bond acceptors (Lipinski definition) is 12. The van der Waals surface area contributed by atoms with Crippen LogP contribution in [0.5, 0.6) is 0 Å². The topological polar surface area (TPSA) is 181 Å². The van der Waals surface area contributed by atoms with Crippen LogP contribution < -0.4 is 22.8 Å². The quantitative estimate of drug-likeness (QED) is 0.421. The molecule has 6 N–H and O–H groups in total. The largest absolute Gasteiger partial charge is 0.393 e. The van der Waals surface area contributed by atoms with Crippen molar-refractivity contribution in [2.24, 2.45) is 0 Å². The van der Waals surface area contributed by atoms with Gasteiger partial charge in [-0.25, -0.2) is 14.0 Å². The number of anilines is 2. The monoisotopic (exact) mass is 476 g/mol. The Bertz CT molecular complexity index is 1020. The molecule has 2 saturated heterocycles. The summed E-state index contributed by atoms with van der Waals surface area (Å²) >= 11 is 2.82. The fourth-order valence-corrected chi connectivity index (χ4v) is 4.54. The van der Waals surface area contributed by atoms with Crippen molar-refractivity contribution >= 4 is 35.2 Å². The van der Waals surface area contributed by atoms with Crippen LogP contribution >= 0.6 is 23.5 Å². The Balaban J connectivity index is 0.000000176. The third-order valence-corrected chi connectivity index (χ3v) is 6.39. The fourth-order valence-electron chi connectivity index (χ4n) is 2.68. The molecule has 4 unspecified atom stereocenters. The Morgan fingerprint density at radius 1 is 1.03 bits per heavy atom. The van der Waals surface area contributed by atoms with Crippen molar-refractivity contribution in [2.45, 2.75) is 23.3 Å². The summed E-state index contributed by atoms with van der Waals surface area (Å²) in [7, 11) is 0. The first-order chi connectivity index (χ1) is 14.8. The molecule has 0 spiro atoms. The Morgan fingerprint density at radius 2 is 1.58 bits per heavy atom. The summed E-state index contributed by atoms with van der Waals surface area (Å²) in [5.41, 5.74) is 8.77. The van der Waals surface area contributed by atoms with E-state index in [0.29, 0.717) is 11.5 Å². The summed E-state index contributed by atoms with van der Waals surface area (Å²) < 4.78 is 26.3. The molecule has 12 nitrogen and oxygen atoms in total. The van der Waals surface area contributed by atoms with Gasteiger partial charge in [-0.15, -0.1) is 23.5 Å². The summed E-state index contributed by atoms with van der Waals surface area (Å²) in [6.45, 7) is -0.209. The highest BCUT2D eigenvalue weighted by atomic mass is 32.2. The number of nitrogens with zero attached hydrogens (tertiary/aromatic N) is 4. The number of aromatic nitrogens is 4. The average molecular weight is 477 g/mol. The van der Waals surface area contributed by atoms with Gasteiger partial charge >= 0.3 is 11.4 Å². The molecule has 0 amide bonds. The summed E-state index contributed by atoms with van der Waals surface area (Å²) in [6, 6.07) is 1.54. The van der Waals surface area contributed by atoms with E-state index in [2.05, 4.69) is 9.97 Å². The van der Waals surface area contributed by atoms with Gasteiger partial charge in [-0.05, 0) is 6.07 Å². The van der Waals surface area contributed by atoms with Crippen LogP contribution in [-0.4, -0.2) is 64.9 Å². The molecule has 2 aliphatic rings. The fraction of sp³-hybridized carbons (Fsp3) is 0.500. The highest BCUT2D eigenvalue weighted by Crippen LogP contribution is 2.31. The Morgan fingerprint density at radius 3 is 2.10 bits per heavy atom. The highest BCUT2D eigenvalue weighted by molar-refractivity contribution is 8.00. The number of hydrogen-bond donors (Lipinski definition) is 4. The molecule has 0 bridgehead atoms. The maximum absolute atomic E-state index is 13.1. The van der Waals surface area contributed by atoms with Crippen molar-refractivity contribution < 1.29 is 24.1 Å². The van der Waals surface area contributed by atoms with E-state index in [4.69, 9.17) is 31.2 Å². The third-order valence-electron chi connectivity index (χ3n) is 4.17. The smallest absolute Gasteiger partial charge is 0.351 e. The Kier molecular flexibility index (Phi) is 7.90. The zero-order valence-corrected chi connectivity index (χ0v) is 17.7. The molecule has 0 aliphatic carbocycles. The van der Waals surface area contributed by atoms with Gasteiger partial charge in [0.2, 0.25) is 0 Å². The molecule has 4 heterocycles. The van der Waals surface area contributed by atoms with Crippen LogP contribution in [0.1, 0.15) is 12.5 Å². The van der Waals surface area contributed by atoms with Gasteiger partial charge in [-0.3, -0.25) is 9.13 Å². The summed E-state index contributed by atoms with van der Waals surface area (Å²) in [4.78, 5) is 29.8. The number of halogens is 1. The number of ether oxygens (including phenoxy) is 2. The number of nitrogens with two attached hydrogens (primary N) is 2. The van der Waals surface area contributed by atoms with Crippen LogP contribution in [-0.2, 0) is 9.47 Å². The van der Waals surface area contributed by atoms with Gasteiger partial charge in [0, 0.05) is 17.7 Å². The Hall–Kier alpha value is -2.17. The molecule has 2 aliphatic heterocycles. The molecule has 31 heavy (non-hydrogen) atoms. The minimum Gasteiger partial charge on any atom is -0.393 e. The van der Waals surface area contributed by atoms with Crippen molar-refractivity contribution in [3.8, 4) is 0 Å². The average Bonchev–Trinajstić information content (AvgIpc) is 3.40. The zero-order chi connectivity index (χ0) is 22.5. The van der Waals surface area contributed by atoms with Gasteiger partial charge in [0.15, 0.2) is 11.6 Å². The first-order valence-corrected chi connectivity index (χ1v) is 11.1. The SMILES string of the molecule is Nc1ccn(C2CSC(CO)O2)c(=O)n1.Nc1nc(=O)n(C2CSC(CO)O2)cc1F. The van der Waals surface area contributed by atoms with Crippen molar-refractivity contribution in [3.05, 3.63) is 45.2 Å². The molecule has 170 valence electrons. The lowest BCUT2D eigenvalue weighted by atomic mass is 10.5. The highest BCUT2D eigenvalue weighted by Gasteiger charge is 2.28. The second-order valence-electron chi connectivity index (χ2n) is 6.28. The predicted molar refractivity (Wildman–Crippen MR) is 113 cm³/mol. The van der Waals surface area contributed by atoms with Crippen LogP contribution in [0.4, 0.5) is 16.0 Å². The normalized spacial score (nSPS) is 25.3. The van der Waals surface area contributed by atoms with E-state index in [1.165, 1.54) is 28.1 Å². The second kappa shape index (κ2) is 10.4. The zero-order valence-electron chi connectivity index (χ0n) is 16.0. The van der Waals surface area contributed by atoms with Crippen LogP contribution in [0.3, 0.4) is 0 Å². The molecular formula is C16H21FN6O6S2. The molecule has 2 aromatic rings. The maximum atomic E-state index is 13.1. The number of aliphatic hydroxyl groups is 2. The Labute approximate surface area is 183 Å². The van der Waals surface area contributed by atoms with E-state index in [-0.39, 0.29) is 30.7 Å². The van der Waals surface area contributed by atoms with Crippen LogP contribution in [0, 0.1) is 5.82 Å². The lowest BCUT2D eigenvalue weighted by Gasteiger charge is -2.13. The number of rotatable bonds is 4. The minimum absolute atomic E-state index is 0.0572. The first-order valence-electron chi connectivity index (χ1n) is 8.97. The summed E-state index contributed by atoms with van der Waals surface area (Å²) in [5.74, 6) is 0.0826. The summed E-state index contributed by atoms with van der Waals surface area (Å²) in [6.07, 6.45) is 1.54. The van der Waals surface area contributed by atoms with Crippen LogP contribution in [0.15, 0.2) is 28.0 Å². The minimum atomic E-state index is -0.763. The van der Waals surface area contributed by atoms with Crippen molar-refractivity contribution in [2.75, 3.05) is 36.2 Å². The van der Waals surface area contributed by atoms with E-state index < -0.39 is 34.7 Å². The molecular weight excluding hydrogens is 455 g/mol. The lowest BCUT2D eigenvalue weighted by Crippen LogP contribution is -2.29. The number of nitrogen functional groups attached to an aromatic ring is 2. The molecule has 4 atom stereocenters. The van der Waals surface area contributed by atoms with Crippen molar-refractivity contribution in [1.82, 2.24) is 19.1 Å². The molecule has 0 saturated carbocycles. The van der Waals surface area contributed by atoms with E-state index in [9.17, 15) is 14.0 Å². The van der Waals surface area contributed by atoms with Crippen molar-refractivity contribution in [3.63, 3.8) is 0 Å². The standard InChI is InChI=1S/C8H10FN3O3S.C8H11N3O3S/c9-4-1-12(8(14)11-7(4)10)5-3-16-6(2-13)15-5;9-5-1-2-11(8(13)10-5)6-4-15-7(3-12)14-6/h1,5-6,13H,2-3H2,(H2,10,11,14);1-2,6-7,12H,3-4H2,(H2,9,10,13). The molecule has 15 heteroatoms. The maximum Gasteiger partial charge on any atom is 0.351 e. The van der Waals surface area contributed by atoms with E-state index in [1.807, 2.05) is 0 Å². The molecule has 0 radical (unpaired) electrons. The van der Waals surface area contributed by atoms with Gasteiger partial charge in [0.25, 0.3) is 0 Å². The van der Waals surface area contributed by atoms with Gasteiger partial charge in [-0.1, -0.05) is 0 Å². The van der Waals surface area contributed by atoms with Gasteiger partial charge in [0.05, 0.1) is 19.4 Å². The number of aliphatic hydroxyl groups excluding tert-OH is 2. The lowest BCUT2D eigenvalue weighted by molar-refractivity contribution is -0.00677. The first kappa shape index (κ1) is 23.5.